The summed E-state index contributed by atoms with van der Waals surface area (Å²) in [4.78, 5) is 13.7. The fourth-order valence-electron chi connectivity index (χ4n) is 2.55. The van der Waals surface area contributed by atoms with Crippen molar-refractivity contribution in [2.24, 2.45) is 0 Å². The first-order chi connectivity index (χ1) is 13.8. The molecule has 1 amide bonds. The Morgan fingerprint density at radius 1 is 1.30 bits per heavy atom. The summed E-state index contributed by atoms with van der Waals surface area (Å²) in [6.07, 6.45) is -4.62. The van der Waals surface area contributed by atoms with Crippen LogP contribution in [0.5, 0.6) is 0 Å². The Morgan fingerprint density at radius 2 is 1.93 bits per heavy atom. The predicted octanol–water partition coefficient (Wildman–Crippen LogP) is 1.59. The molecule has 8 nitrogen and oxygen atoms in total. The van der Waals surface area contributed by atoms with Crippen molar-refractivity contribution in [2.45, 2.75) is 30.0 Å². The van der Waals surface area contributed by atoms with E-state index in [2.05, 4.69) is 9.62 Å². The highest BCUT2D eigenvalue weighted by atomic mass is 35.5. The van der Waals surface area contributed by atoms with Crippen LogP contribution in [0.3, 0.4) is 0 Å². The summed E-state index contributed by atoms with van der Waals surface area (Å²) in [7, 11) is -3.90. The molecule has 1 atom stereocenters. The average molecular weight is 474 g/mol. The highest BCUT2D eigenvalue weighted by molar-refractivity contribution is 7.89. The third-order valence-corrected chi connectivity index (χ3v) is 6.31. The molecule has 0 aromatic heterocycles. The first-order valence-corrected chi connectivity index (χ1v) is 10.9. The largest absolute Gasteiger partial charge is 0.426 e. The normalized spacial score (nSPS) is 18.1. The van der Waals surface area contributed by atoms with Gasteiger partial charge < -0.3 is 15.2 Å². The van der Waals surface area contributed by atoms with Crippen LogP contribution in [0.1, 0.15) is 13.3 Å². The SMILES string of the molecule is CC(O)(C(=O)Nc1ccc(S(=O)(=O)NCCCN2CCOCC2)cc1Cl)C(F)(F)F. The van der Waals surface area contributed by atoms with Crippen molar-refractivity contribution in [1.29, 1.82) is 0 Å². The van der Waals surface area contributed by atoms with Crippen molar-refractivity contribution in [3.8, 4) is 0 Å². The van der Waals surface area contributed by atoms with E-state index < -0.39 is 27.7 Å². The van der Waals surface area contributed by atoms with E-state index in [4.69, 9.17) is 16.3 Å². The van der Waals surface area contributed by atoms with Crippen LogP contribution >= 0.6 is 11.6 Å². The number of ether oxygens (including phenoxy) is 1. The number of halogens is 4. The van der Waals surface area contributed by atoms with Crippen LogP contribution in [0.4, 0.5) is 18.9 Å². The molecular weight excluding hydrogens is 451 g/mol. The number of aliphatic hydroxyl groups is 1. The third-order valence-electron chi connectivity index (χ3n) is 4.54. The number of hydrogen-bond donors (Lipinski definition) is 3. The summed E-state index contributed by atoms with van der Waals surface area (Å²) in [6, 6.07) is 3.15. The van der Waals surface area contributed by atoms with Gasteiger partial charge in [-0.25, -0.2) is 13.1 Å². The molecule has 0 spiro atoms. The molecule has 1 unspecified atom stereocenters. The van der Waals surface area contributed by atoms with E-state index in [1.807, 2.05) is 5.32 Å². The number of sulfonamides is 1. The number of nitrogens with zero attached hydrogens (tertiary/aromatic N) is 1. The van der Waals surface area contributed by atoms with Gasteiger partial charge in [-0.05, 0) is 38.1 Å². The van der Waals surface area contributed by atoms with Crippen molar-refractivity contribution in [2.75, 3.05) is 44.7 Å². The van der Waals surface area contributed by atoms with Crippen LogP contribution in [-0.4, -0.2) is 75.5 Å². The lowest BCUT2D eigenvalue weighted by molar-refractivity contribution is -0.242. The fraction of sp³-hybridized carbons (Fsp3) is 0.588. The zero-order valence-electron chi connectivity index (χ0n) is 16.1. The molecule has 2 rings (SSSR count). The molecule has 1 aromatic rings. The highest BCUT2D eigenvalue weighted by Crippen LogP contribution is 2.32. The molecule has 1 aliphatic rings. The minimum absolute atomic E-state index is 0.185. The van der Waals surface area contributed by atoms with Gasteiger partial charge in [0.15, 0.2) is 0 Å². The molecule has 3 N–H and O–H groups in total. The summed E-state index contributed by atoms with van der Waals surface area (Å²) in [5.74, 6) is -1.74. The molecule has 170 valence electrons. The maximum absolute atomic E-state index is 12.7. The number of carbonyl (C=O) groups is 1. The monoisotopic (exact) mass is 473 g/mol. The number of hydrogen-bond acceptors (Lipinski definition) is 6. The quantitative estimate of drug-likeness (QED) is 0.495. The fourth-order valence-corrected chi connectivity index (χ4v) is 3.95. The van der Waals surface area contributed by atoms with Crippen LogP contribution < -0.4 is 10.0 Å². The number of rotatable bonds is 8. The second-order valence-corrected chi connectivity index (χ2v) is 9.05. The smallest absolute Gasteiger partial charge is 0.379 e. The minimum Gasteiger partial charge on any atom is -0.379 e. The second-order valence-electron chi connectivity index (χ2n) is 6.87. The summed E-state index contributed by atoms with van der Waals surface area (Å²) in [6.45, 7) is 4.06. The molecule has 0 bridgehead atoms. The predicted molar refractivity (Wildman–Crippen MR) is 104 cm³/mol. The highest BCUT2D eigenvalue weighted by Gasteiger charge is 2.55. The van der Waals surface area contributed by atoms with E-state index in [0.29, 0.717) is 33.1 Å². The van der Waals surface area contributed by atoms with E-state index in [1.54, 1.807) is 0 Å². The van der Waals surface area contributed by atoms with Gasteiger partial charge in [-0.1, -0.05) is 11.6 Å². The van der Waals surface area contributed by atoms with Crippen molar-refractivity contribution < 1.29 is 36.2 Å². The number of alkyl halides is 3. The lowest BCUT2D eigenvalue weighted by atomic mass is 10.1. The molecule has 1 heterocycles. The van der Waals surface area contributed by atoms with Gasteiger partial charge in [0.25, 0.3) is 5.91 Å². The van der Waals surface area contributed by atoms with Crippen LogP contribution in [0.15, 0.2) is 23.1 Å². The van der Waals surface area contributed by atoms with E-state index in [9.17, 15) is 31.5 Å². The molecule has 0 aliphatic carbocycles. The first-order valence-electron chi connectivity index (χ1n) is 9.04. The summed E-state index contributed by atoms with van der Waals surface area (Å²) in [5.41, 5.74) is -3.90. The Labute approximate surface area is 177 Å². The van der Waals surface area contributed by atoms with Gasteiger partial charge in [0, 0.05) is 19.6 Å². The number of nitrogens with one attached hydrogen (secondary N) is 2. The topological polar surface area (TPSA) is 108 Å². The van der Waals surface area contributed by atoms with Crippen molar-refractivity contribution in [3.63, 3.8) is 0 Å². The van der Waals surface area contributed by atoms with E-state index >= 15 is 0 Å². The Kier molecular flexibility index (Phi) is 8.10. The molecule has 1 aliphatic heterocycles. The first kappa shape index (κ1) is 24.8. The maximum atomic E-state index is 12.7. The minimum atomic E-state index is -5.20. The van der Waals surface area contributed by atoms with Gasteiger partial charge in [0.1, 0.15) is 0 Å². The zero-order chi connectivity index (χ0) is 22.6. The van der Waals surface area contributed by atoms with Gasteiger partial charge in [-0.2, -0.15) is 13.2 Å². The Morgan fingerprint density at radius 3 is 2.50 bits per heavy atom. The van der Waals surface area contributed by atoms with Crippen molar-refractivity contribution in [1.82, 2.24) is 9.62 Å². The summed E-state index contributed by atoms with van der Waals surface area (Å²) in [5, 5.41) is 10.9. The molecule has 13 heteroatoms. The molecule has 0 saturated carbocycles. The van der Waals surface area contributed by atoms with Crippen LogP contribution in [0, 0.1) is 0 Å². The van der Waals surface area contributed by atoms with Gasteiger partial charge in [-0.3, -0.25) is 9.69 Å². The van der Waals surface area contributed by atoms with E-state index in [1.165, 1.54) is 0 Å². The molecular formula is C17H23ClF3N3O5S. The lowest BCUT2D eigenvalue weighted by Gasteiger charge is -2.26. The van der Waals surface area contributed by atoms with Gasteiger partial charge in [0.2, 0.25) is 15.6 Å². The van der Waals surface area contributed by atoms with Gasteiger partial charge >= 0.3 is 6.18 Å². The number of anilines is 1. The van der Waals surface area contributed by atoms with Crippen LogP contribution in [0.25, 0.3) is 0 Å². The second kappa shape index (κ2) is 9.79. The number of benzene rings is 1. The molecule has 1 aromatic carbocycles. The molecule has 0 radical (unpaired) electrons. The van der Waals surface area contributed by atoms with Crippen LogP contribution in [0.2, 0.25) is 5.02 Å². The van der Waals surface area contributed by atoms with E-state index in [-0.39, 0.29) is 22.2 Å². The number of carbonyl (C=O) groups excluding carboxylic acids is 1. The Balaban J connectivity index is 1.96. The number of morpholine rings is 1. The average Bonchev–Trinajstić information content (AvgIpc) is 2.66. The molecule has 30 heavy (non-hydrogen) atoms. The standard InChI is InChI=1S/C17H23ClF3N3O5S/c1-16(26,17(19,20)21)15(25)23-14-4-3-12(11-13(14)18)30(27,28)22-5-2-6-24-7-9-29-10-8-24/h3-4,11,22,26H,2,5-10H2,1H3,(H,23,25). The molecule has 1 fully saturated rings. The molecule has 1 saturated heterocycles. The van der Waals surface area contributed by atoms with Crippen molar-refractivity contribution >= 4 is 33.2 Å². The summed E-state index contributed by atoms with van der Waals surface area (Å²) < 4.78 is 70.6. The lowest BCUT2D eigenvalue weighted by Crippen LogP contribution is -2.52. The summed E-state index contributed by atoms with van der Waals surface area (Å²) >= 11 is 5.92. The van der Waals surface area contributed by atoms with Gasteiger partial charge in [0.05, 0.1) is 28.8 Å². The van der Waals surface area contributed by atoms with E-state index in [0.717, 1.165) is 31.3 Å². The maximum Gasteiger partial charge on any atom is 0.426 e. The Bertz CT molecular complexity index is 859. The van der Waals surface area contributed by atoms with Gasteiger partial charge in [-0.15, -0.1) is 0 Å². The number of amides is 1. The zero-order valence-corrected chi connectivity index (χ0v) is 17.7. The Hall–Kier alpha value is -1.44. The van der Waals surface area contributed by atoms with Crippen LogP contribution in [-0.2, 0) is 19.6 Å². The van der Waals surface area contributed by atoms with Crippen molar-refractivity contribution in [3.05, 3.63) is 23.2 Å². The third kappa shape index (κ3) is 6.28.